The summed E-state index contributed by atoms with van der Waals surface area (Å²) in [5, 5.41) is 14.1. The molecule has 10 heteroatoms. The number of nitrogens with one attached hydrogen (secondary N) is 1. The van der Waals surface area contributed by atoms with E-state index in [2.05, 4.69) is 5.10 Å². The van der Waals surface area contributed by atoms with Gasteiger partial charge in [0.2, 0.25) is 0 Å². The van der Waals surface area contributed by atoms with Crippen LogP contribution in [-0.2, 0) is 10.0 Å². The highest BCUT2D eigenvalue weighted by molar-refractivity contribution is 7.89. The van der Waals surface area contributed by atoms with Gasteiger partial charge in [-0.3, -0.25) is 10.1 Å². The van der Waals surface area contributed by atoms with Gasteiger partial charge in [0.05, 0.1) is 21.6 Å². The van der Waals surface area contributed by atoms with E-state index in [0.29, 0.717) is 6.21 Å². The van der Waals surface area contributed by atoms with Gasteiger partial charge in [-0.25, -0.2) is 13.6 Å². The fourth-order valence-electron chi connectivity index (χ4n) is 1.80. The minimum absolute atomic E-state index is 0.288. The first-order chi connectivity index (χ1) is 11.2. The van der Waals surface area contributed by atoms with E-state index >= 15 is 0 Å². The fraction of sp³-hybridized carbons (Fsp3) is 0.0714. The highest BCUT2D eigenvalue weighted by Gasteiger charge is 2.19. The Morgan fingerprint density at radius 2 is 1.83 bits per heavy atom. The van der Waals surface area contributed by atoms with Crippen molar-refractivity contribution in [1.82, 2.24) is 4.83 Å². The second kappa shape index (κ2) is 6.71. The summed E-state index contributed by atoms with van der Waals surface area (Å²) in [6.07, 6.45) is 0.671. The third kappa shape index (κ3) is 3.71. The normalized spacial score (nSPS) is 11.6. The zero-order valence-corrected chi connectivity index (χ0v) is 13.0. The van der Waals surface area contributed by atoms with Gasteiger partial charge in [-0.1, -0.05) is 12.1 Å². The van der Waals surface area contributed by atoms with E-state index in [9.17, 15) is 27.3 Å². The van der Waals surface area contributed by atoms with Crippen molar-refractivity contribution >= 4 is 21.9 Å². The highest BCUT2D eigenvalue weighted by atomic mass is 32.2. The number of rotatable bonds is 5. The molecular formula is C14H11F2N3O4S. The molecule has 0 aliphatic rings. The summed E-state index contributed by atoms with van der Waals surface area (Å²) in [5.74, 6) is -1.83. The summed E-state index contributed by atoms with van der Waals surface area (Å²) in [6, 6.07) is 6.43. The molecule has 0 saturated heterocycles. The smallest absolute Gasteiger partial charge is 0.258 e. The maximum Gasteiger partial charge on any atom is 0.276 e. The molecule has 0 saturated carbocycles. The molecule has 0 bridgehead atoms. The number of halogens is 2. The fourth-order valence-corrected chi connectivity index (χ4v) is 2.61. The molecule has 0 heterocycles. The number of hydrazone groups is 1. The lowest BCUT2D eigenvalue weighted by atomic mass is 10.2. The van der Waals surface area contributed by atoms with Crippen molar-refractivity contribution in [2.45, 2.75) is 11.8 Å². The Bertz CT molecular complexity index is 909. The van der Waals surface area contributed by atoms with Gasteiger partial charge in [0, 0.05) is 11.6 Å². The number of hydrogen-bond acceptors (Lipinski definition) is 5. The van der Waals surface area contributed by atoms with Crippen LogP contribution in [0.2, 0.25) is 0 Å². The highest BCUT2D eigenvalue weighted by Crippen LogP contribution is 2.22. The Hall–Kier alpha value is -2.88. The standard InChI is InChI=1S/C14H11F2N3O4S/c1-9-5-6-10(7-14(9)19(20)21)24(22,23)18-17-8-11-12(15)3-2-4-13(11)16/h2-8,18H,1H3/b17-8-. The number of nitrogens with zero attached hydrogens (tertiary/aromatic N) is 2. The lowest BCUT2D eigenvalue weighted by Gasteiger charge is -2.05. The summed E-state index contributed by atoms with van der Waals surface area (Å²) >= 11 is 0. The monoisotopic (exact) mass is 355 g/mol. The zero-order valence-electron chi connectivity index (χ0n) is 12.2. The lowest BCUT2D eigenvalue weighted by Crippen LogP contribution is -2.18. The van der Waals surface area contributed by atoms with Gasteiger partial charge in [0.15, 0.2) is 0 Å². The topological polar surface area (TPSA) is 102 Å². The molecule has 0 aliphatic carbocycles. The molecule has 0 atom stereocenters. The van der Waals surface area contributed by atoms with Crippen molar-refractivity contribution in [3.05, 3.63) is 69.3 Å². The average molecular weight is 355 g/mol. The average Bonchev–Trinajstić information content (AvgIpc) is 2.50. The van der Waals surface area contributed by atoms with Crippen molar-refractivity contribution in [3.8, 4) is 0 Å². The van der Waals surface area contributed by atoms with E-state index in [-0.39, 0.29) is 11.3 Å². The summed E-state index contributed by atoms with van der Waals surface area (Å²) in [5.41, 5.74) is -0.604. The van der Waals surface area contributed by atoms with Crippen LogP contribution < -0.4 is 4.83 Å². The number of aryl methyl sites for hydroxylation is 1. The van der Waals surface area contributed by atoms with Gasteiger partial charge in [-0.15, -0.1) is 0 Å². The number of benzene rings is 2. The zero-order chi connectivity index (χ0) is 17.9. The SMILES string of the molecule is Cc1ccc(S(=O)(=O)N/N=C\c2c(F)cccc2F)cc1[N+](=O)[O-]. The largest absolute Gasteiger partial charge is 0.276 e. The van der Waals surface area contributed by atoms with Crippen LogP contribution in [0.1, 0.15) is 11.1 Å². The number of sulfonamides is 1. The van der Waals surface area contributed by atoms with Crippen LogP contribution >= 0.6 is 0 Å². The van der Waals surface area contributed by atoms with Crippen LogP contribution in [0.3, 0.4) is 0 Å². The molecule has 0 radical (unpaired) electrons. The van der Waals surface area contributed by atoms with Gasteiger partial charge in [0.25, 0.3) is 15.7 Å². The molecule has 0 fully saturated rings. The molecule has 0 amide bonds. The van der Waals surface area contributed by atoms with Crippen molar-refractivity contribution in [1.29, 1.82) is 0 Å². The molecule has 0 aliphatic heterocycles. The number of nitro benzene ring substituents is 1. The summed E-state index contributed by atoms with van der Waals surface area (Å²) < 4.78 is 50.9. The predicted octanol–water partition coefficient (Wildman–Crippen LogP) is 2.49. The summed E-state index contributed by atoms with van der Waals surface area (Å²) in [4.78, 5) is 11.5. The molecule has 2 rings (SSSR count). The van der Waals surface area contributed by atoms with E-state index in [1.807, 2.05) is 0 Å². The Labute approximate surface area is 135 Å². The number of hydrogen-bond donors (Lipinski definition) is 1. The molecule has 2 aromatic carbocycles. The maximum atomic E-state index is 13.4. The Morgan fingerprint density at radius 3 is 2.42 bits per heavy atom. The first kappa shape index (κ1) is 17.5. The van der Waals surface area contributed by atoms with Gasteiger partial charge < -0.3 is 0 Å². The minimum atomic E-state index is -4.23. The first-order valence-corrected chi connectivity index (χ1v) is 7.94. The van der Waals surface area contributed by atoms with Crippen LogP contribution in [0, 0.1) is 28.7 Å². The van der Waals surface area contributed by atoms with Crippen LogP contribution in [0.15, 0.2) is 46.4 Å². The van der Waals surface area contributed by atoms with Crippen LogP contribution in [0.25, 0.3) is 0 Å². The molecule has 24 heavy (non-hydrogen) atoms. The third-order valence-electron chi connectivity index (χ3n) is 3.05. The quantitative estimate of drug-likeness (QED) is 0.506. The molecule has 0 spiro atoms. The third-order valence-corrected chi connectivity index (χ3v) is 4.27. The lowest BCUT2D eigenvalue weighted by molar-refractivity contribution is -0.385. The van der Waals surface area contributed by atoms with E-state index in [0.717, 1.165) is 30.3 Å². The van der Waals surface area contributed by atoms with Crippen LogP contribution in [0.5, 0.6) is 0 Å². The van der Waals surface area contributed by atoms with Crippen LogP contribution in [0.4, 0.5) is 14.5 Å². The van der Waals surface area contributed by atoms with E-state index < -0.39 is 37.0 Å². The number of nitro groups is 1. The predicted molar refractivity (Wildman–Crippen MR) is 82.1 cm³/mol. The summed E-state index contributed by atoms with van der Waals surface area (Å²) in [6.45, 7) is 1.46. The van der Waals surface area contributed by atoms with Gasteiger partial charge in [-0.2, -0.15) is 13.5 Å². The summed E-state index contributed by atoms with van der Waals surface area (Å²) in [7, 11) is -4.23. The molecule has 0 unspecified atom stereocenters. The Morgan fingerprint density at radius 1 is 1.21 bits per heavy atom. The second-order valence-corrected chi connectivity index (χ2v) is 6.35. The van der Waals surface area contributed by atoms with Crippen molar-refractivity contribution < 1.29 is 22.1 Å². The van der Waals surface area contributed by atoms with E-state index in [1.165, 1.54) is 13.0 Å². The van der Waals surface area contributed by atoms with E-state index in [1.54, 1.807) is 4.83 Å². The molecule has 7 nitrogen and oxygen atoms in total. The van der Waals surface area contributed by atoms with Gasteiger partial charge >= 0.3 is 0 Å². The molecule has 126 valence electrons. The first-order valence-electron chi connectivity index (χ1n) is 6.46. The Kier molecular flexibility index (Phi) is 4.88. The molecule has 1 N–H and O–H groups in total. The molecule has 0 aromatic heterocycles. The van der Waals surface area contributed by atoms with Gasteiger partial charge in [0.1, 0.15) is 11.6 Å². The second-order valence-electron chi connectivity index (χ2n) is 4.69. The molecule has 2 aromatic rings. The van der Waals surface area contributed by atoms with Crippen molar-refractivity contribution in [2.75, 3.05) is 0 Å². The van der Waals surface area contributed by atoms with Crippen LogP contribution in [-0.4, -0.2) is 19.6 Å². The van der Waals surface area contributed by atoms with Crippen molar-refractivity contribution in [3.63, 3.8) is 0 Å². The van der Waals surface area contributed by atoms with Crippen molar-refractivity contribution in [2.24, 2.45) is 5.10 Å². The Balaban J connectivity index is 2.28. The van der Waals surface area contributed by atoms with E-state index in [4.69, 9.17) is 0 Å². The maximum absolute atomic E-state index is 13.4. The van der Waals surface area contributed by atoms with Gasteiger partial charge in [-0.05, 0) is 25.1 Å². The minimum Gasteiger partial charge on any atom is -0.258 e. The molecular weight excluding hydrogens is 344 g/mol.